The van der Waals surface area contributed by atoms with Crippen LogP contribution in [0.3, 0.4) is 0 Å². The van der Waals surface area contributed by atoms with Crippen molar-refractivity contribution in [3.05, 3.63) is 11.9 Å². The van der Waals surface area contributed by atoms with Crippen LogP contribution in [-0.2, 0) is 27.9 Å². The zero-order valence-electron chi connectivity index (χ0n) is 14.9. The summed E-state index contributed by atoms with van der Waals surface area (Å²) in [6, 6.07) is 0. The SMILES string of the molecule is CSc1ncc(CNC(=O)C2CCN(C(=O)[C@@H]3CCCO3)CC2)n1C. The standard InChI is InChI=1S/C17H26N4O3S/c1-20-13(11-19-17(20)25-2)10-18-15(22)12-5-7-21(8-6-12)16(23)14-4-3-9-24-14/h11-12,14H,3-10H2,1-2H3,(H,18,22)/t14-/m0/s1. The highest BCUT2D eigenvalue weighted by atomic mass is 32.2. The average Bonchev–Trinajstić information content (AvgIpc) is 3.29. The molecule has 1 aromatic heterocycles. The Balaban J connectivity index is 1.45. The highest BCUT2D eigenvalue weighted by molar-refractivity contribution is 7.98. The molecule has 0 aliphatic carbocycles. The first-order valence-electron chi connectivity index (χ1n) is 8.83. The number of imidazole rings is 1. The molecule has 0 radical (unpaired) electrons. The van der Waals surface area contributed by atoms with E-state index < -0.39 is 0 Å². The molecule has 2 aliphatic rings. The van der Waals surface area contributed by atoms with Gasteiger partial charge in [0.2, 0.25) is 5.91 Å². The molecular formula is C17H26N4O3S. The molecule has 2 amide bonds. The van der Waals surface area contributed by atoms with E-state index in [9.17, 15) is 9.59 Å². The molecule has 2 aliphatic heterocycles. The summed E-state index contributed by atoms with van der Waals surface area (Å²) in [5.74, 6) is 0.133. The van der Waals surface area contributed by atoms with Crippen LogP contribution in [0.15, 0.2) is 11.4 Å². The van der Waals surface area contributed by atoms with E-state index in [1.54, 1.807) is 18.0 Å². The van der Waals surface area contributed by atoms with Gasteiger partial charge in [0, 0.05) is 32.7 Å². The minimum absolute atomic E-state index is 0.0261. The van der Waals surface area contributed by atoms with Crippen LogP contribution in [-0.4, -0.2) is 58.3 Å². The molecule has 1 N–H and O–H groups in total. The van der Waals surface area contributed by atoms with Crippen molar-refractivity contribution in [2.24, 2.45) is 13.0 Å². The number of thioether (sulfide) groups is 1. The van der Waals surface area contributed by atoms with Gasteiger partial charge in [-0.05, 0) is 31.9 Å². The molecule has 8 heteroatoms. The zero-order valence-corrected chi connectivity index (χ0v) is 15.7. The summed E-state index contributed by atoms with van der Waals surface area (Å²) in [4.78, 5) is 30.9. The minimum atomic E-state index is -0.263. The van der Waals surface area contributed by atoms with Gasteiger partial charge in [0.25, 0.3) is 5.91 Å². The minimum Gasteiger partial charge on any atom is -0.368 e. The Morgan fingerprint density at radius 1 is 1.36 bits per heavy atom. The van der Waals surface area contributed by atoms with Crippen LogP contribution in [0.2, 0.25) is 0 Å². The van der Waals surface area contributed by atoms with E-state index in [0.29, 0.717) is 39.1 Å². The number of likely N-dealkylation sites (tertiary alicyclic amines) is 1. The number of nitrogens with one attached hydrogen (secondary N) is 1. The van der Waals surface area contributed by atoms with Crippen LogP contribution in [0.5, 0.6) is 0 Å². The maximum Gasteiger partial charge on any atom is 0.251 e. The summed E-state index contributed by atoms with van der Waals surface area (Å²) in [6.45, 7) is 2.44. The van der Waals surface area contributed by atoms with E-state index in [1.165, 1.54) is 0 Å². The van der Waals surface area contributed by atoms with Crippen molar-refractivity contribution in [1.29, 1.82) is 0 Å². The van der Waals surface area contributed by atoms with Gasteiger partial charge in [-0.3, -0.25) is 9.59 Å². The smallest absolute Gasteiger partial charge is 0.251 e. The number of carbonyl (C=O) groups is 2. The van der Waals surface area contributed by atoms with Crippen molar-refractivity contribution in [2.45, 2.75) is 43.5 Å². The van der Waals surface area contributed by atoms with Crippen LogP contribution in [0, 0.1) is 5.92 Å². The lowest BCUT2D eigenvalue weighted by atomic mass is 9.95. The predicted molar refractivity (Wildman–Crippen MR) is 95.1 cm³/mol. The highest BCUT2D eigenvalue weighted by Gasteiger charge is 2.32. The quantitative estimate of drug-likeness (QED) is 0.792. The number of hydrogen-bond acceptors (Lipinski definition) is 5. The van der Waals surface area contributed by atoms with Crippen LogP contribution in [0.1, 0.15) is 31.4 Å². The molecule has 1 atom stereocenters. The fraction of sp³-hybridized carbons (Fsp3) is 0.706. The second kappa shape index (κ2) is 8.23. The Labute approximate surface area is 152 Å². The van der Waals surface area contributed by atoms with Crippen LogP contribution < -0.4 is 5.32 Å². The Morgan fingerprint density at radius 2 is 2.12 bits per heavy atom. The molecule has 7 nitrogen and oxygen atoms in total. The van der Waals surface area contributed by atoms with Crippen LogP contribution in [0.25, 0.3) is 0 Å². The van der Waals surface area contributed by atoms with E-state index >= 15 is 0 Å². The third-order valence-corrected chi connectivity index (χ3v) is 5.80. The first-order valence-corrected chi connectivity index (χ1v) is 10.0. The van der Waals surface area contributed by atoms with Gasteiger partial charge >= 0.3 is 0 Å². The van der Waals surface area contributed by atoms with Crippen molar-refractivity contribution in [1.82, 2.24) is 19.8 Å². The average molecular weight is 366 g/mol. The molecule has 0 spiro atoms. The Kier molecular flexibility index (Phi) is 6.01. The number of carbonyl (C=O) groups excluding carboxylic acids is 2. The lowest BCUT2D eigenvalue weighted by Crippen LogP contribution is -2.46. The van der Waals surface area contributed by atoms with Gasteiger partial charge in [-0.1, -0.05) is 11.8 Å². The fourth-order valence-electron chi connectivity index (χ4n) is 3.44. The molecule has 25 heavy (non-hydrogen) atoms. The first kappa shape index (κ1) is 18.3. The Hall–Kier alpha value is -1.54. The summed E-state index contributed by atoms with van der Waals surface area (Å²) in [7, 11) is 1.95. The van der Waals surface area contributed by atoms with Gasteiger partial charge in [-0.25, -0.2) is 4.98 Å². The molecule has 0 bridgehead atoms. The molecule has 0 saturated carbocycles. The van der Waals surface area contributed by atoms with Crippen LogP contribution >= 0.6 is 11.8 Å². The van der Waals surface area contributed by atoms with E-state index in [4.69, 9.17) is 4.74 Å². The lowest BCUT2D eigenvalue weighted by Gasteiger charge is -2.32. The zero-order chi connectivity index (χ0) is 17.8. The number of amides is 2. The molecule has 1 aromatic rings. The van der Waals surface area contributed by atoms with E-state index in [-0.39, 0.29) is 23.8 Å². The summed E-state index contributed by atoms with van der Waals surface area (Å²) in [5, 5.41) is 3.94. The van der Waals surface area contributed by atoms with Crippen molar-refractivity contribution in [3.63, 3.8) is 0 Å². The van der Waals surface area contributed by atoms with E-state index in [0.717, 1.165) is 23.7 Å². The molecule has 2 saturated heterocycles. The van der Waals surface area contributed by atoms with Gasteiger partial charge < -0.3 is 19.5 Å². The molecule has 3 heterocycles. The van der Waals surface area contributed by atoms with Crippen molar-refractivity contribution in [3.8, 4) is 0 Å². The van der Waals surface area contributed by atoms with Gasteiger partial charge in [0.1, 0.15) is 6.10 Å². The first-order chi connectivity index (χ1) is 12.1. The van der Waals surface area contributed by atoms with Gasteiger partial charge in [-0.15, -0.1) is 0 Å². The van der Waals surface area contributed by atoms with Crippen LogP contribution in [0.4, 0.5) is 0 Å². The third-order valence-electron chi connectivity index (χ3n) is 5.05. The predicted octanol–water partition coefficient (Wildman–Crippen LogP) is 1.18. The molecule has 3 rings (SSSR count). The molecule has 0 unspecified atom stereocenters. The summed E-state index contributed by atoms with van der Waals surface area (Å²) < 4.78 is 7.47. The van der Waals surface area contributed by atoms with Crippen molar-refractivity contribution in [2.75, 3.05) is 26.0 Å². The van der Waals surface area contributed by atoms with E-state index in [1.807, 2.05) is 22.8 Å². The normalized spacial score (nSPS) is 21.5. The van der Waals surface area contributed by atoms with Crippen molar-refractivity contribution < 1.29 is 14.3 Å². The lowest BCUT2D eigenvalue weighted by molar-refractivity contribution is -0.143. The van der Waals surface area contributed by atoms with Gasteiger partial charge in [0.05, 0.1) is 18.4 Å². The largest absolute Gasteiger partial charge is 0.368 e. The Morgan fingerprint density at radius 3 is 2.72 bits per heavy atom. The van der Waals surface area contributed by atoms with Crippen molar-refractivity contribution >= 4 is 23.6 Å². The molecular weight excluding hydrogens is 340 g/mol. The highest BCUT2D eigenvalue weighted by Crippen LogP contribution is 2.21. The number of ether oxygens (including phenoxy) is 1. The summed E-state index contributed by atoms with van der Waals surface area (Å²) in [6.07, 6.45) is 6.73. The second-order valence-electron chi connectivity index (χ2n) is 6.61. The molecule has 0 aromatic carbocycles. The summed E-state index contributed by atoms with van der Waals surface area (Å²) >= 11 is 1.58. The monoisotopic (exact) mass is 366 g/mol. The summed E-state index contributed by atoms with van der Waals surface area (Å²) in [5.41, 5.74) is 0.990. The second-order valence-corrected chi connectivity index (χ2v) is 7.39. The van der Waals surface area contributed by atoms with Gasteiger partial charge in [0.15, 0.2) is 5.16 Å². The van der Waals surface area contributed by atoms with Gasteiger partial charge in [-0.2, -0.15) is 0 Å². The maximum absolute atomic E-state index is 12.4. The number of nitrogens with zero attached hydrogens (tertiary/aromatic N) is 3. The number of piperidine rings is 1. The number of aromatic nitrogens is 2. The fourth-order valence-corrected chi connectivity index (χ4v) is 3.99. The maximum atomic E-state index is 12.4. The number of rotatable bonds is 5. The molecule has 138 valence electrons. The van der Waals surface area contributed by atoms with E-state index in [2.05, 4.69) is 10.3 Å². The number of hydrogen-bond donors (Lipinski definition) is 1. The topological polar surface area (TPSA) is 76.5 Å². The Bertz CT molecular complexity index is 619. The third kappa shape index (κ3) is 4.17. The molecule has 2 fully saturated rings.